The molecule has 7 heteroatoms. The van der Waals surface area contributed by atoms with Crippen molar-refractivity contribution in [2.24, 2.45) is 11.7 Å². The van der Waals surface area contributed by atoms with Crippen LogP contribution >= 0.6 is 0 Å². The van der Waals surface area contributed by atoms with Crippen LogP contribution in [0.5, 0.6) is 0 Å². The maximum Gasteiger partial charge on any atom is 0.293 e. The van der Waals surface area contributed by atoms with Crippen molar-refractivity contribution in [1.82, 2.24) is 15.2 Å². The first-order valence-corrected chi connectivity index (χ1v) is 8.33. The van der Waals surface area contributed by atoms with Crippen LogP contribution in [0, 0.1) is 17.8 Å². The predicted molar refractivity (Wildman–Crippen MR) is 90.5 cm³/mol. The molecular weight excluding hydrogens is 320 g/mol. The summed E-state index contributed by atoms with van der Waals surface area (Å²) in [5.74, 6) is 4.71. The molecule has 0 aromatic carbocycles. The molecule has 3 aliphatic heterocycles. The number of piperidine rings is 3. The molecule has 25 heavy (non-hydrogen) atoms. The van der Waals surface area contributed by atoms with Crippen LogP contribution in [-0.2, 0) is 4.79 Å². The lowest BCUT2D eigenvalue weighted by molar-refractivity contribution is -0.112. The van der Waals surface area contributed by atoms with E-state index in [-0.39, 0.29) is 11.9 Å². The number of hydrogen-bond acceptors (Lipinski definition) is 5. The lowest BCUT2D eigenvalue weighted by atomic mass is 9.84. The van der Waals surface area contributed by atoms with Crippen LogP contribution < -0.4 is 11.1 Å². The summed E-state index contributed by atoms with van der Waals surface area (Å²) in [7, 11) is 0. The third-order valence-corrected chi connectivity index (χ3v) is 4.92. The number of furan rings is 1. The van der Waals surface area contributed by atoms with Crippen molar-refractivity contribution in [3.8, 4) is 11.8 Å². The second-order valence-corrected chi connectivity index (χ2v) is 6.55. The number of pyridine rings is 1. The minimum Gasteiger partial charge on any atom is -0.448 e. The molecule has 3 fully saturated rings. The minimum atomic E-state index is -0.726. The molecular formula is C18H18N4O3. The quantitative estimate of drug-likeness (QED) is 0.776. The Bertz CT molecular complexity index is 900. The summed E-state index contributed by atoms with van der Waals surface area (Å²) in [6, 6.07) is 3.44. The molecule has 2 aromatic rings. The average molecular weight is 338 g/mol. The summed E-state index contributed by atoms with van der Waals surface area (Å²) in [5.41, 5.74) is 5.81. The third-order valence-electron chi connectivity index (χ3n) is 4.92. The number of nitrogens with one attached hydrogen (secondary N) is 1. The first-order valence-electron chi connectivity index (χ1n) is 8.33. The fraction of sp³-hybridized carbons (Fsp3) is 0.389. The summed E-state index contributed by atoms with van der Waals surface area (Å²) >= 11 is 0. The summed E-state index contributed by atoms with van der Waals surface area (Å²) in [5, 5.41) is 3.82. The smallest absolute Gasteiger partial charge is 0.293 e. The molecule has 2 amide bonds. The van der Waals surface area contributed by atoms with Crippen molar-refractivity contribution >= 4 is 22.8 Å². The monoisotopic (exact) mass is 338 g/mol. The van der Waals surface area contributed by atoms with Crippen LogP contribution in [0.2, 0.25) is 0 Å². The molecule has 0 saturated carbocycles. The Morgan fingerprint density at radius 1 is 1.32 bits per heavy atom. The van der Waals surface area contributed by atoms with Gasteiger partial charge in [0.1, 0.15) is 11.3 Å². The lowest BCUT2D eigenvalue weighted by Crippen LogP contribution is -2.57. The molecule has 5 rings (SSSR count). The summed E-state index contributed by atoms with van der Waals surface area (Å²) in [4.78, 5) is 29.8. The van der Waals surface area contributed by atoms with Gasteiger partial charge in [-0.3, -0.25) is 14.6 Å². The van der Waals surface area contributed by atoms with Crippen LogP contribution in [0.3, 0.4) is 0 Å². The highest BCUT2D eigenvalue weighted by atomic mass is 16.3. The van der Waals surface area contributed by atoms with Crippen molar-refractivity contribution in [2.75, 3.05) is 19.6 Å². The average Bonchev–Trinajstić information content (AvgIpc) is 3.03. The summed E-state index contributed by atoms with van der Waals surface area (Å²) < 4.78 is 5.54. The summed E-state index contributed by atoms with van der Waals surface area (Å²) in [6.45, 7) is 3.16. The highest BCUT2D eigenvalue weighted by Crippen LogP contribution is 2.27. The fourth-order valence-corrected chi connectivity index (χ4v) is 3.61. The van der Waals surface area contributed by atoms with Crippen LogP contribution in [0.25, 0.3) is 11.0 Å². The van der Waals surface area contributed by atoms with Gasteiger partial charge in [0.25, 0.3) is 11.8 Å². The molecule has 3 saturated heterocycles. The summed E-state index contributed by atoms with van der Waals surface area (Å²) in [6.07, 6.45) is 3.84. The number of carbonyl (C=O) groups is 2. The first kappa shape index (κ1) is 15.7. The zero-order valence-electron chi connectivity index (χ0n) is 13.6. The van der Waals surface area contributed by atoms with Crippen molar-refractivity contribution in [1.29, 1.82) is 0 Å². The molecule has 0 radical (unpaired) electrons. The fourth-order valence-electron chi connectivity index (χ4n) is 3.61. The molecule has 5 heterocycles. The number of primary amides is 1. The van der Waals surface area contributed by atoms with E-state index in [9.17, 15) is 9.59 Å². The number of amides is 2. The zero-order valence-corrected chi connectivity index (χ0v) is 13.6. The van der Waals surface area contributed by atoms with Gasteiger partial charge in [-0.15, -0.1) is 0 Å². The minimum absolute atomic E-state index is 0.182. The normalized spacial score (nSPS) is 24.6. The van der Waals surface area contributed by atoms with Gasteiger partial charge >= 0.3 is 0 Å². The molecule has 2 bridgehead atoms. The van der Waals surface area contributed by atoms with Gasteiger partial charge < -0.3 is 20.4 Å². The Kier molecular flexibility index (Phi) is 3.90. The lowest BCUT2D eigenvalue weighted by Gasteiger charge is -2.44. The van der Waals surface area contributed by atoms with E-state index in [1.54, 1.807) is 18.3 Å². The second kappa shape index (κ2) is 6.22. The molecule has 3 N–H and O–H groups in total. The molecule has 0 unspecified atom stereocenters. The second-order valence-electron chi connectivity index (χ2n) is 6.55. The van der Waals surface area contributed by atoms with E-state index in [4.69, 9.17) is 10.2 Å². The molecule has 0 spiro atoms. The van der Waals surface area contributed by atoms with E-state index in [2.05, 4.69) is 27.0 Å². The van der Waals surface area contributed by atoms with Gasteiger partial charge in [-0.25, -0.2) is 0 Å². The predicted octanol–water partition coefficient (Wildman–Crippen LogP) is 0.489. The van der Waals surface area contributed by atoms with Crippen LogP contribution in [0.15, 0.2) is 22.7 Å². The maximum atomic E-state index is 12.5. The Morgan fingerprint density at radius 3 is 2.80 bits per heavy atom. The van der Waals surface area contributed by atoms with Gasteiger partial charge in [0.15, 0.2) is 5.76 Å². The Hall–Kier alpha value is -2.85. The zero-order chi connectivity index (χ0) is 17.4. The Labute approximate surface area is 144 Å². The van der Waals surface area contributed by atoms with Gasteiger partial charge in [0.2, 0.25) is 0 Å². The molecule has 3 aliphatic rings. The number of hydrogen-bond donors (Lipinski definition) is 2. The van der Waals surface area contributed by atoms with Crippen LogP contribution in [0.4, 0.5) is 0 Å². The van der Waals surface area contributed by atoms with Crippen molar-refractivity contribution in [2.45, 2.75) is 18.9 Å². The molecule has 7 nitrogen and oxygen atoms in total. The number of nitrogens with two attached hydrogens (primary N) is 1. The van der Waals surface area contributed by atoms with Gasteiger partial charge in [0, 0.05) is 42.2 Å². The van der Waals surface area contributed by atoms with E-state index in [1.807, 2.05) is 0 Å². The van der Waals surface area contributed by atoms with E-state index in [0.717, 1.165) is 32.5 Å². The van der Waals surface area contributed by atoms with Crippen LogP contribution in [-0.4, -0.2) is 47.4 Å². The Balaban J connectivity index is 1.52. The maximum absolute atomic E-state index is 12.5. The van der Waals surface area contributed by atoms with Crippen LogP contribution in [0.1, 0.15) is 29.1 Å². The topological polar surface area (TPSA) is 101 Å². The van der Waals surface area contributed by atoms with Gasteiger partial charge in [0.05, 0.1) is 0 Å². The van der Waals surface area contributed by atoms with Gasteiger partial charge in [-0.1, -0.05) is 0 Å². The van der Waals surface area contributed by atoms with E-state index >= 15 is 0 Å². The van der Waals surface area contributed by atoms with Crippen molar-refractivity contribution in [3.63, 3.8) is 0 Å². The number of aromatic nitrogens is 1. The largest absolute Gasteiger partial charge is 0.448 e. The molecule has 2 aromatic heterocycles. The van der Waals surface area contributed by atoms with E-state index in [0.29, 0.717) is 28.3 Å². The highest BCUT2D eigenvalue weighted by Gasteiger charge is 2.35. The van der Waals surface area contributed by atoms with E-state index in [1.165, 1.54) is 0 Å². The van der Waals surface area contributed by atoms with E-state index < -0.39 is 5.91 Å². The van der Waals surface area contributed by atoms with Gasteiger partial charge in [-0.2, -0.15) is 0 Å². The number of fused-ring (bicyclic) bond motifs is 4. The molecule has 0 aliphatic carbocycles. The SMILES string of the molecule is NC(=O)C#Cc1cc2cnc(C(=O)N[C@H]3CN4CCC3CC4)cc2o1. The molecule has 1 atom stereocenters. The highest BCUT2D eigenvalue weighted by molar-refractivity contribution is 5.96. The first-order chi connectivity index (χ1) is 12.1. The Morgan fingerprint density at radius 2 is 2.12 bits per heavy atom. The standard InChI is InChI=1S/C18H18N4O3/c19-17(23)2-1-13-7-12-9-20-14(8-16(12)25-13)18(24)21-15-10-22-5-3-11(15)4-6-22/h7-9,11,15H,3-6,10H2,(H2,19,23)(H,21,24)/t15-/m0/s1. The number of rotatable bonds is 2. The third kappa shape index (κ3) is 3.21. The number of carbonyl (C=O) groups excluding carboxylic acids is 2. The van der Waals surface area contributed by atoms with Crippen molar-refractivity contribution < 1.29 is 14.0 Å². The molecule has 128 valence electrons. The van der Waals surface area contributed by atoms with Gasteiger partial charge in [-0.05, 0) is 37.8 Å². The van der Waals surface area contributed by atoms with Crippen molar-refractivity contribution in [3.05, 3.63) is 29.8 Å². The number of nitrogens with zero attached hydrogens (tertiary/aromatic N) is 2.